The van der Waals surface area contributed by atoms with E-state index in [1.807, 2.05) is 36.6 Å². The van der Waals surface area contributed by atoms with Gasteiger partial charge in [-0.3, -0.25) is 4.79 Å². The topological polar surface area (TPSA) is 55.6 Å². The summed E-state index contributed by atoms with van der Waals surface area (Å²) < 4.78 is 5.72. The second-order valence-corrected chi connectivity index (χ2v) is 5.93. The van der Waals surface area contributed by atoms with Crippen LogP contribution in [-0.2, 0) is 6.61 Å². The van der Waals surface area contributed by atoms with Gasteiger partial charge in [-0.2, -0.15) is 0 Å². The lowest BCUT2D eigenvalue weighted by molar-refractivity contribution is 0.0748. The summed E-state index contributed by atoms with van der Waals surface area (Å²) in [6, 6.07) is 11.3. The highest BCUT2D eigenvalue weighted by Gasteiger charge is 2.16. The van der Waals surface area contributed by atoms with Crippen LogP contribution in [0.3, 0.4) is 0 Å². The Morgan fingerprint density at radius 2 is 2.14 bits per heavy atom. The maximum atomic E-state index is 12.3. The minimum atomic E-state index is -0.0467. The van der Waals surface area contributed by atoms with E-state index in [-0.39, 0.29) is 24.4 Å². The summed E-state index contributed by atoms with van der Waals surface area (Å²) in [5, 5.41) is 2.02. The van der Waals surface area contributed by atoms with Crippen molar-refractivity contribution in [1.82, 2.24) is 4.90 Å². The van der Waals surface area contributed by atoms with Crippen LogP contribution >= 0.6 is 23.7 Å². The summed E-state index contributed by atoms with van der Waals surface area (Å²) >= 11 is 1.65. The third kappa shape index (κ3) is 4.73. The zero-order valence-corrected chi connectivity index (χ0v) is 14.3. The number of halogens is 1. The normalized spacial score (nSPS) is 11.4. The minimum Gasteiger partial charge on any atom is -0.488 e. The summed E-state index contributed by atoms with van der Waals surface area (Å²) in [5.41, 5.74) is 6.22. The molecule has 2 N–H and O–H groups in total. The molecule has 0 saturated heterocycles. The van der Waals surface area contributed by atoms with Gasteiger partial charge < -0.3 is 15.4 Å². The number of nitrogens with zero attached hydrogens (tertiary/aromatic N) is 1. The number of benzene rings is 1. The van der Waals surface area contributed by atoms with Crippen molar-refractivity contribution in [3.8, 4) is 5.75 Å². The molecule has 1 amide bonds. The van der Waals surface area contributed by atoms with Gasteiger partial charge >= 0.3 is 0 Å². The third-order valence-corrected chi connectivity index (χ3v) is 4.21. The van der Waals surface area contributed by atoms with Crippen LogP contribution in [0.25, 0.3) is 0 Å². The van der Waals surface area contributed by atoms with Crippen LogP contribution in [0.15, 0.2) is 41.8 Å². The molecule has 4 nitrogen and oxygen atoms in total. The van der Waals surface area contributed by atoms with E-state index in [0.717, 1.165) is 4.88 Å². The van der Waals surface area contributed by atoms with Crippen LogP contribution in [0.5, 0.6) is 5.75 Å². The number of likely N-dealkylation sites (N-methyl/N-ethyl adjacent to an activating group) is 1. The monoisotopic (exact) mass is 340 g/mol. The highest BCUT2D eigenvalue weighted by molar-refractivity contribution is 7.09. The lowest BCUT2D eigenvalue weighted by Crippen LogP contribution is -2.39. The summed E-state index contributed by atoms with van der Waals surface area (Å²) in [6.45, 7) is 2.89. The van der Waals surface area contributed by atoms with Crippen molar-refractivity contribution < 1.29 is 9.53 Å². The molecule has 22 heavy (non-hydrogen) atoms. The van der Waals surface area contributed by atoms with Gasteiger partial charge in [-0.05, 0) is 36.6 Å². The maximum absolute atomic E-state index is 12.3. The van der Waals surface area contributed by atoms with Gasteiger partial charge in [0.05, 0.1) is 0 Å². The maximum Gasteiger partial charge on any atom is 0.254 e. The molecule has 6 heteroatoms. The van der Waals surface area contributed by atoms with Crippen LogP contribution in [0.4, 0.5) is 0 Å². The first-order chi connectivity index (χ1) is 10.1. The highest BCUT2D eigenvalue weighted by atomic mass is 35.5. The van der Waals surface area contributed by atoms with Crippen molar-refractivity contribution in [2.45, 2.75) is 19.6 Å². The Hall–Kier alpha value is -1.56. The number of ether oxygens (including phenoxy) is 1. The molecule has 0 bridgehead atoms. The molecule has 1 aromatic carbocycles. The van der Waals surface area contributed by atoms with E-state index in [9.17, 15) is 4.79 Å². The molecule has 120 valence electrons. The van der Waals surface area contributed by atoms with E-state index in [1.165, 1.54) is 0 Å². The number of hydrogen-bond donors (Lipinski definition) is 1. The number of amides is 1. The van der Waals surface area contributed by atoms with E-state index in [1.54, 1.807) is 35.4 Å². The Morgan fingerprint density at radius 1 is 1.36 bits per heavy atom. The van der Waals surface area contributed by atoms with Crippen LogP contribution in [-0.4, -0.2) is 30.4 Å². The molecular formula is C16H21ClN2O2S. The van der Waals surface area contributed by atoms with Crippen molar-refractivity contribution in [1.29, 1.82) is 0 Å². The van der Waals surface area contributed by atoms with Gasteiger partial charge in [-0.1, -0.05) is 12.1 Å². The predicted octanol–water partition coefficient (Wildman–Crippen LogP) is 3.17. The van der Waals surface area contributed by atoms with Crippen molar-refractivity contribution in [2.75, 3.05) is 13.6 Å². The first-order valence-electron chi connectivity index (χ1n) is 6.84. The zero-order chi connectivity index (χ0) is 15.2. The first-order valence-corrected chi connectivity index (χ1v) is 7.72. The molecule has 1 heterocycles. The Morgan fingerprint density at radius 3 is 2.77 bits per heavy atom. The second-order valence-electron chi connectivity index (χ2n) is 4.90. The van der Waals surface area contributed by atoms with E-state index in [2.05, 4.69) is 0 Å². The van der Waals surface area contributed by atoms with Crippen LogP contribution in [0.2, 0.25) is 0 Å². The summed E-state index contributed by atoms with van der Waals surface area (Å²) in [6.07, 6.45) is 0. The number of nitrogens with two attached hydrogens (primary N) is 1. The Balaban J connectivity index is 0.00000242. The quantitative estimate of drug-likeness (QED) is 0.878. The van der Waals surface area contributed by atoms with E-state index < -0.39 is 0 Å². The van der Waals surface area contributed by atoms with E-state index in [4.69, 9.17) is 10.5 Å². The van der Waals surface area contributed by atoms with Crippen molar-refractivity contribution in [3.63, 3.8) is 0 Å². The van der Waals surface area contributed by atoms with Crippen molar-refractivity contribution >= 4 is 29.7 Å². The van der Waals surface area contributed by atoms with Gasteiger partial charge in [0.1, 0.15) is 12.4 Å². The van der Waals surface area contributed by atoms with Gasteiger partial charge in [-0.25, -0.2) is 0 Å². The molecule has 0 saturated carbocycles. The van der Waals surface area contributed by atoms with Crippen LogP contribution < -0.4 is 10.5 Å². The molecule has 0 aliphatic heterocycles. The van der Waals surface area contributed by atoms with Gasteiger partial charge in [0.25, 0.3) is 5.91 Å². The number of carbonyl (C=O) groups excluding carboxylic acids is 1. The SMILES string of the molecule is CC(CN)N(C)C(=O)c1cccc(OCc2cccs2)c1.Cl. The van der Waals surface area contributed by atoms with Crippen molar-refractivity contribution in [2.24, 2.45) is 5.73 Å². The summed E-state index contributed by atoms with van der Waals surface area (Å²) in [5.74, 6) is 0.651. The lowest BCUT2D eigenvalue weighted by Gasteiger charge is -2.23. The Labute approximate surface area is 141 Å². The second kappa shape index (κ2) is 8.78. The molecule has 1 unspecified atom stereocenters. The molecule has 0 radical (unpaired) electrons. The predicted molar refractivity (Wildman–Crippen MR) is 93.0 cm³/mol. The third-order valence-electron chi connectivity index (χ3n) is 3.36. The Bertz CT molecular complexity index is 590. The fraction of sp³-hybridized carbons (Fsp3) is 0.312. The van der Waals surface area contributed by atoms with Crippen LogP contribution in [0, 0.1) is 0 Å². The molecule has 1 atom stereocenters. The molecule has 2 aromatic rings. The largest absolute Gasteiger partial charge is 0.488 e. The molecular weight excluding hydrogens is 320 g/mol. The minimum absolute atomic E-state index is 0. The average Bonchev–Trinajstić information content (AvgIpc) is 3.04. The zero-order valence-electron chi connectivity index (χ0n) is 12.7. The average molecular weight is 341 g/mol. The van der Waals surface area contributed by atoms with Gasteiger partial charge in [0, 0.05) is 30.1 Å². The molecule has 0 spiro atoms. The molecule has 0 aliphatic carbocycles. The summed E-state index contributed by atoms with van der Waals surface area (Å²) in [4.78, 5) is 15.2. The van der Waals surface area contributed by atoms with Crippen molar-refractivity contribution in [3.05, 3.63) is 52.2 Å². The Kier molecular flexibility index (Phi) is 7.38. The van der Waals surface area contributed by atoms with Gasteiger partial charge in [0.15, 0.2) is 0 Å². The van der Waals surface area contributed by atoms with Gasteiger partial charge in [0.2, 0.25) is 0 Å². The first kappa shape index (κ1) is 18.5. The number of hydrogen-bond acceptors (Lipinski definition) is 4. The molecule has 0 aliphatic rings. The number of rotatable bonds is 6. The number of carbonyl (C=O) groups is 1. The van der Waals surface area contributed by atoms with E-state index >= 15 is 0 Å². The van der Waals surface area contributed by atoms with Crippen LogP contribution in [0.1, 0.15) is 22.2 Å². The lowest BCUT2D eigenvalue weighted by atomic mass is 10.1. The fourth-order valence-electron chi connectivity index (χ4n) is 1.83. The number of thiophene rings is 1. The standard InChI is InChI=1S/C16H20N2O2S.ClH/c1-12(10-17)18(2)16(19)13-5-3-6-14(9-13)20-11-15-7-4-8-21-15;/h3-9,12H,10-11,17H2,1-2H3;1H. The molecule has 2 rings (SSSR count). The molecule has 1 aromatic heterocycles. The fourth-order valence-corrected chi connectivity index (χ4v) is 2.45. The van der Waals surface area contributed by atoms with E-state index in [0.29, 0.717) is 24.5 Å². The molecule has 0 fully saturated rings. The van der Waals surface area contributed by atoms with Gasteiger partial charge in [-0.15, -0.1) is 23.7 Å². The smallest absolute Gasteiger partial charge is 0.254 e. The highest BCUT2D eigenvalue weighted by Crippen LogP contribution is 2.18. The summed E-state index contributed by atoms with van der Waals surface area (Å²) in [7, 11) is 1.76.